The fraction of sp³-hybridized carbons (Fsp3) is 0.333. The van der Waals surface area contributed by atoms with E-state index in [-0.39, 0.29) is 12.6 Å². The van der Waals surface area contributed by atoms with Crippen molar-refractivity contribution in [1.29, 1.82) is 5.26 Å². The van der Waals surface area contributed by atoms with Gasteiger partial charge >= 0.3 is 0 Å². The van der Waals surface area contributed by atoms with Crippen LogP contribution in [0.15, 0.2) is 24.5 Å². The summed E-state index contributed by atoms with van der Waals surface area (Å²) in [6.45, 7) is 0.436. The molecule has 0 bridgehead atoms. The molecule has 1 rings (SSSR count). The highest BCUT2D eigenvalue weighted by Crippen LogP contribution is 2.08. The Bertz CT molecular complexity index is 281. The molecule has 0 aliphatic rings. The lowest BCUT2D eigenvalue weighted by atomic mass is 10.1. The molecule has 1 aromatic rings. The largest absolute Gasteiger partial charge is 0.395 e. The van der Waals surface area contributed by atoms with Gasteiger partial charge in [-0.1, -0.05) is 6.07 Å². The molecule has 0 unspecified atom stereocenters. The van der Waals surface area contributed by atoms with Gasteiger partial charge in [-0.05, 0) is 6.07 Å². The molecule has 0 aliphatic carbocycles. The zero-order valence-electron chi connectivity index (χ0n) is 7.14. The van der Waals surface area contributed by atoms with Crippen LogP contribution >= 0.6 is 0 Å². The average molecular weight is 177 g/mol. The zero-order valence-corrected chi connectivity index (χ0v) is 7.14. The molecule has 0 saturated heterocycles. The van der Waals surface area contributed by atoms with Crippen molar-refractivity contribution in [2.24, 2.45) is 0 Å². The third-order valence-electron chi connectivity index (χ3n) is 1.61. The van der Waals surface area contributed by atoms with E-state index in [1.165, 1.54) is 0 Å². The fourth-order valence-corrected chi connectivity index (χ4v) is 0.994. The predicted molar refractivity (Wildman–Crippen MR) is 47.7 cm³/mol. The van der Waals surface area contributed by atoms with E-state index in [0.29, 0.717) is 6.54 Å². The Morgan fingerprint density at radius 2 is 2.54 bits per heavy atom. The Morgan fingerprint density at radius 3 is 3.08 bits per heavy atom. The maximum absolute atomic E-state index is 8.78. The third kappa shape index (κ3) is 2.82. The van der Waals surface area contributed by atoms with Gasteiger partial charge in [0.2, 0.25) is 0 Å². The van der Waals surface area contributed by atoms with Gasteiger partial charge in [-0.3, -0.25) is 10.3 Å². The summed E-state index contributed by atoms with van der Waals surface area (Å²) in [5.74, 6) is 0. The van der Waals surface area contributed by atoms with E-state index in [1.54, 1.807) is 18.5 Å². The van der Waals surface area contributed by atoms with Crippen molar-refractivity contribution in [2.75, 3.05) is 13.2 Å². The molecular formula is C9H11N3O. The van der Waals surface area contributed by atoms with Crippen LogP contribution in [0.5, 0.6) is 0 Å². The molecule has 2 N–H and O–H groups in total. The molecule has 1 aromatic heterocycles. The Balaban J connectivity index is 2.63. The molecule has 0 fully saturated rings. The van der Waals surface area contributed by atoms with E-state index >= 15 is 0 Å². The van der Waals surface area contributed by atoms with Crippen LogP contribution in [-0.2, 0) is 0 Å². The smallest absolute Gasteiger partial charge is 0.122 e. The Kier molecular flexibility index (Phi) is 3.89. The van der Waals surface area contributed by atoms with E-state index < -0.39 is 0 Å². The van der Waals surface area contributed by atoms with Gasteiger partial charge in [-0.15, -0.1) is 0 Å². The summed E-state index contributed by atoms with van der Waals surface area (Å²) in [4.78, 5) is 3.91. The summed E-state index contributed by atoms with van der Waals surface area (Å²) in [6, 6.07) is 5.31. The summed E-state index contributed by atoms with van der Waals surface area (Å²) >= 11 is 0. The Hall–Kier alpha value is -1.44. The maximum Gasteiger partial charge on any atom is 0.122 e. The van der Waals surface area contributed by atoms with Crippen molar-refractivity contribution < 1.29 is 5.11 Å². The minimum atomic E-state index is -0.388. The molecule has 0 spiro atoms. The standard InChI is InChI=1S/C9H11N3O/c10-6-9(12-4-5-13)8-2-1-3-11-7-8/h1-3,7,9,12-13H,4-5H2/t9-/m1/s1. The van der Waals surface area contributed by atoms with Crippen LogP contribution in [0.1, 0.15) is 11.6 Å². The maximum atomic E-state index is 8.78. The molecule has 0 amide bonds. The number of aliphatic hydroxyl groups excluding tert-OH is 1. The van der Waals surface area contributed by atoms with Crippen LogP contribution < -0.4 is 5.32 Å². The highest BCUT2D eigenvalue weighted by Gasteiger charge is 2.07. The van der Waals surface area contributed by atoms with Crippen molar-refractivity contribution in [3.63, 3.8) is 0 Å². The minimum absolute atomic E-state index is 0.0262. The minimum Gasteiger partial charge on any atom is -0.395 e. The van der Waals surface area contributed by atoms with Crippen molar-refractivity contribution in [3.8, 4) is 6.07 Å². The number of hydrogen-bond donors (Lipinski definition) is 2. The summed E-state index contributed by atoms with van der Waals surface area (Å²) in [7, 11) is 0. The lowest BCUT2D eigenvalue weighted by Crippen LogP contribution is -2.23. The molecule has 4 heteroatoms. The predicted octanol–water partition coefficient (Wildman–Crippen LogP) is 0.228. The van der Waals surface area contributed by atoms with E-state index in [4.69, 9.17) is 10.4 Å². The number of nitrogens with one attached hydrogen (secondary N) is 1. The number of hydrogen-bond acceptors (Lipinski definition) is 4. The first-order chi connectivity index (χ1) is 6.38. The first kappa shape index (κ1) is 9.65. The number of nitrogens with zero attached hydrogens (tertiary/aromatic N) is 2. The van der Waals surface area contributed by atoms with Crippen molar-refractivity contribution in [2.45, 2.75) is 6.04 Å². The fourth-order valence-electron chi connectivity index (χ4n) is 0.994. The van der Waals surface area contributed by atoms with E-state index in [9.17, 15) is 0 Å². The van der Waals surface area contributed by atoms with Crippen LogP contribution in [-0.4, -0.2) is 23.2 Å². The van der Waals surface area contributed by atoms with Gasteiger partial charge in [-0.2, -0.15) is 5.26 Å². The molecule has 4 nitrogen and oxygen atoms in total. The van der Waals surface area contributed by atoms with Crippen LogP contribution in [0.2, 0.25) is 0 Å². The lowest BCUT2D eigenvalue weighted by Gasteiger charge is -2.09. The quantitative estimate of drug-likeness (QED) is 0.690. The van der Waals surface area contributed by atoms with Crippen molar-refractivity contribution in [1.82, 2.24) is 10.3 Å². The molecular weight excluding hydrogens is 166 g/mol. The van der Waals surface area contributed by atoms with Crippen LogP contribution in [0, 0.1) is 11.3 Å². The molecule has 0 aromatic carbocycles. The summed E-state index contributed by atoms with van der Waals surface area (Å²) < 4.78 is 0. The number of rotatable bonds is 4. The van der Waals surface area contributed by atoms with Gasteiger partial charge < -0.3 is 5.11 Å². The summed E-state index contributed by atoms with van der Waals surface area (Å²) in [6.07, 6.45) is 3.29. The van der Waals surface area contributed by atoms with Crippen LogP contribution in [0.4, 0.5) is 0 Å². The average Bonchev–Trinajstić information content (AvgIpc) is 2.21. The highest BCUT2D eigenvalue weighted by atomic mass is 16.3. The number of aliphatic hydroxyl groups is 1. The van der Waals surface area contributed by atoms with Gasteiger partial charge in [0, 0.05) is 24.5 Å². The number of aromatic nitrogens is 1. The van der Waals surface area contributed by atoms with Gasteiger partial charge in [0.1, 0.15) is 6.04 Å². The molecule has 68 valence electrons. The molecule has 1 atom stereocenters. The monoisotopic (exact) mass is 177 g/mol. The second-order valence-electron chi connectivity index (χ2n) is 2.53. The van der Waals surface area contributed by atoms with Gasteiger partial charge in [0.05, 0.1) is 12.7 Å². The molecule has 1 heterocycles. The SMILES string of the molecule is N#C[C@@H](NCCO)c1cccnc1. The summed E-state index contributed by atoms with van der Waals surface area (Å²) in [5.41, 5.74) is 0.818. The first-order valence-corrected chi connectivity index (χ1v) is 4.02. The van der Waals surface area contributed by atoms with Crippen LogP contribution in [0.3, 0.4) is 0 Å². The second-order valence-corrected chi connectivity index (χ2v) is 2.53. The van der Waals surface area contributed by atoms with E-state index in [1.807, 2.05) is 6.07 Å². The molecule has 13 heavy (non-hydrogen) atoms. The normalized spacial score (nSPS) is 12.0. The number of nitriles is 1. The van der Waals surface area contributed by atoms with Crippen molar-refractivity contribution in [3.05, 3.63) is 30.1 Å². The number of pyridine rings is 1. The Morgan fingerprint density at radius 1 is 1.69 bits per heavy atom. The highest BCUT2D eigenvalue weighted by molar-refractivity contribution is 5.19. The molecule has 0 aliphatic heterocycles. The third-order valence-corrected chi connectivity index (χ3v) is 1.61. The molecule has 0 radical (unpaired) electrons. The topological polar surface area (TPSA) is 68.9 Å². The van der Waals surface area contributed by atoms with Gasteiger partial charge in [0.15, 0.2) is 0 Å². The van der Waals surface area contributed by atoms with Crippen LogP contribution in [0.25, 0.3) is 0 Å². The Labute approximate surface area is 76.8 Å². The van der Waals surface area contributed by atoms with E-state index in [2.05, 4.69) is 16.4 Å². The van der Waals surface area contributed by atoms with Gasteiger partial charge in [0.25, 0.3) is 0 Å². The zero-order chi connectivity index (χ0) is 9.52. The van der Waals surface area contributed by atoms with Gasteiger partial charge in [-0.25, -0.2) is 0 Å². The lowest BCUT2D eigenvalue weighted by molar-refractivity contribution is 0.289. The van der Waals surface area contributed by atoms with E-state index in [0.717, 1.165) is 5.56 Å². The van der Waals surface area contributed by atoms with Crippen molar-refractivity contribution >= 4 is 0 Å². The first-order valence-electron chi connectivity index (χ1n) is 4.02. The molecule has 0 saturated carbocycles. The summed E-state index contributed by atoms with van der Waals surface area (Å²) in [5, 5.41) is 20.2. The second kappa shape index (κ2) is 5.25.